The standard InChI is InChI=1S/C19H27NO/c1-4-7-8-15-9-11-16(12-10-15)19(20-6-3)17-13-14-21-18(17)5-2/h9-14,19-20H,4-8H2,1-3H3. The number of hydrogen-bond donors (Lipinski definition) is 1. The summed E-state index contributed by atoms with van der Waals surface area (Å²) in [7, 11) is 0. The Morgan fingerprint density at radius 1 is 1.05 bits per heavy atom. The average Bonchev–Trinajstić information content (AvgIpc) is 2.99. The van der Waals surface area contributed by atoms with Gasteiger partial charge in [-0.15, -0.1) is 0 Å². The molecule has 2 heteroatoms. The van der Waals surface area contributed by atoms with Gasteiger partial charge in [0.15, 0.2) is 0 Å². The van der Waals surface area contributed by atoms with Gasteiger partial charge in [-0.05, 0) is 36.6 Å². The number of unbranched alkanes of at least 4 members (excludes halogenated alkanes) is 1. The third kappa shape index (κ3) is 3.98. The molecule has 1 aromatic heterocycles. The van der Waals surface area contributed by atoms with Crippen LogP contribution in [0.15, 0.2) is 41.0 Å². The molecule has 2 nitrogen and oxygen atoms in total. The monoisotopic (exact) mass is 285 g/mol. The predicted octanol–water partition coefficient (Wildman–Crippen LogP) is 4.88. The molecule has 1 atom stereocenters. The third-order valence-corrected chi connectivity index (χ3v) is 3.95. The number of aryl methyl sites for hydroxylation is 2. The van der Waals surface area contributed by atoms with Crippen molar-refractivity contribution in [1.29, 1.82) is 0 Å². The second-order valence-electron chi connectivity index (χ2n) is 5.49. The third-order valence-electron chi connectivity index (χ3n) is 3.95. The van der Waals surface area contributed by atoms with Gasteiger partial charge in [0.1, 0.15) is 5.76 Å². The summed E-state index contributed by atoms with van der Waals surface area (Å²) in [5, 5.41) is 3.58. The highest BCUT2D eigenvalue weighted by molar-refractivity contribution is 5.35. The molecule has 114 valence electrons. The van der Waals surface area contributed by atoms with E-state index in [1.807, 2.05) is 0 Å². The SMILES string of the molecule is CCCCc1ccc(C(NCC)c2ccoc2CC)cc1. The molecule has 0 saturated carbocycles. The van der Waals surface area contributed by atoms with Gasteiger partial charge in [0.05, 0.1) is 12.3 Å². The molecule has 2 aromatic rings. The van der Waals surface area contributed by atoms with Gasteiger partial charge in [0, 0.05) is 12.0 Å². The maximum absolute atomic E-state index is 5.60. The van der Waals surface area contributed by atoms with Crippen molar-refractivity contribution in [2.24, 2.45) is 0 Å². The molecule has 2 rings (SSSR count). The Morgan fingerprint density at radius 3 is 2.43 bits per heavy atom. The van der Waals surface area contributed by atoms with Crippen LogP contribution in [-0.2, 0) is 12.8 Å². The lowest BCUT2D eigenvalue weighted by molar-refractivity contribution is 0.502. The number of benzene rings is 1. The minimum atomic E-state index is 0.226. The molecular weight excluding hydrogens is 258 g/mol. The van der Waals surface area contributed by atoms with E-state index in [0.717, 1.165) is 18.7 Å². The van der Waals surface area contributed by atoms with E-state index in [1.165, 1.54) is 36.0 Å². The van der Waals surface area contributed by atoms with Crippen molar-refractivity contribution in [1.82, 2.24) is 5.32 Å². The van der Waals surface area contributed by atoms with Crippen molar-refractivity contribution >= 4 is 0 Å². The zero-order valence-corrected chi connectivity index (χ0v) is 13.5. The Hall–Kier alpha value is -1.54. The van der Waals surface area contributed by atoms with Gasteiger partial charge >= 0.3 is 0 Å². The molecule has 1 heterocycles. The highest BCUT2D eigenvalue weighted by Gasteiger charge is 2.18. The molecule has 0 aliphatic rings. The molecule has 0 fully saturated rings. The number of nitrogens with one attached hydrogen (secondary N) is 1. The Morgan fingerprint density at radius 2 is 1.81 bits per heavy atom. The van der Waals surface area contributed by atoms with E-state index in [9.17, 15) is 0 Å². The second kappa shape index (κ2) is 8.04. The average molecular weight is 285 g/mol. The number of furan rings is 1. The van der Waals surface area contributed by atoms with Gasteiger partial charge in [0.2, 0.25) is 0 Å². The largest absolute Gasteiger partial charge is 0.469 e. The van der Waals surface area contributed by atoms with Crippen molar-refractivity contribution in [2.45, 2.75) is 52.5 Å². The first-order valence-corrected chi connectivity index (χ1v) is 8.18. The fourth-order valence-corrected chi connectivity index (χ4v) is 2.76. The molecule has 0 spiro atoms. The van der Waals surface area contributed by atoms with Crippen LogP contribution in [0.25, 0.3) is 0 Å². The maximum Gasteiger partial charge on any atom is 0.108 e. The van der Waals surface area contributed by atoms with Crippen LogP contribution < -0.4 is 5.32 Å². The normalized spacial score (nSPS) is 12.5. The van der Waals surface area contributed by atoms with Crippen molar-refractivity contribution in [3.05, 3.63) is 59.0 Å². The minimum Gasteiger partial charge on any atom is -0.469 e. The van der Waals surface area contributed by atoms with Gasteiger partial charge in [0.25, 0.3) is 0 Å². The summed E-state index contributed by atoms with van der Waals surface area (Å²) in [4.78, 5) is 0. The van der Waals surface area contributed by atoms with Crippen LogP contribution >= 0.6 is 0 Å². The lowest BCUT2D eigenvalue weighted by Gasteiger charge is -2.19. The number of hydrogen-bond acceptors (Lipinski definition) is 2. The topological polar surface area (TPSA) is 25.2 Å². The van der Waals surface area contributed by atoms with Crippen molar-refractivity contribution in [3.8, 4) is 0 Å². The summed E-state index contributed by atoms with van der Waals surface area (Å²) in [6, 6.07) is 11.4. The van der Waals surface area contributed by atoms with Gasteiger partial charge in [-0.2, -0.15) is 0 Å². The summed E-state index contributed by atoms with van der Waals surface area (Å²) in [5.74, 6) is 1.08. The Kier molecular flexibility index (Phi) is 6.06. The van der Waals surface area contributed by atoms with Crippen LogP contribution in [0.5, 0.6) is 0 Å². The zero-order chi connectivity index (χ0) is 15.1. The fourth-order valence-electron chi connectivity index (χ4n) is 2.76. The van der Waals surface area contributed by atoms with Crippen LogP contribution in [0.3, 0.4) is 0 Å². The second-order valence-corrected chi connectivity index (χ2v) is 5.49. The van der Waals surface area contributed by atoms with Crippen molar-refractivity contribution < 1.29 is 4.42 Å². The molecule has 0 bridgehead atoms. The molecule has 0 aliphatic heterocycles. The minimum absolute atomic E-state index is 0.226. The van der Waals surface area contributed by atoms with Gasteiger partial charge < -0.3 is 9.73 Å². The summed E-state index contributed by atoms with van der Waals surface area (Å²) < 4.78 is 5.60. The zero-order valence-electron chi connectivity index (χ0n) is 13.5. The van der Waals surface area contributed by atoms with Crippen molar-refractivity contribution in [2.75, 3.05) is 6.54 Å². The number of rotatable bonds is 8. The first-order valence-electron chi connectivity index (χ1n) is 8.18. The van der Waals surface area contributed by atoms with E-state index >= 15 is 0 Å². The Balaban J connectivity index is 2.22. The molecule has 0 radical (unpaired) electrons. The van der Waals surface area contributed by atoms with Crippen LogP contribution in [0.2, 0.25) is 0 Å². The first-order chi connectivity index (χ1) is 10.3. The van der Waals surface area contributed by atoms with Crippen LogP contribution in [-0.4, -0.2) is 6.54 Å². The van der Waals surface area contributed by atoms with E-state index in [4.69, 9.17) is 4.42 Å². The van der Waals surface area contributed by atoms with Gasteiger partial charge in [-0.1, -0.05) is 51.5 Å². The molecule has 1 aromatic carbocycles. The van der Waals surface area contributed by atoms with Gasteiger partial charge in [-0.25, -0.2) is 0 Å². The van der Waals surface area contributed by atoms with Crippen molar-refractivity contribution in [3.63, 3.8) is 0 Å². The Labute approximate surface area is 128 Å². The van der Waals surface area contributed by atoms with Crippen LogP contribution in [0.1, 0.15) is 62.1 Å². The molecule has 0 amide bonds. The van der Waals surface area contributed by atoms with E-state index in [2.05, 4.69) is 56.4 Å². The highest BCUT2D eigenvalue weighted by Crippen LogP contribution is 2.27. The van der Waals surface area contributed by atoms with E-state index in [0.29, 0.717) is 0 Å². The van der Waals surface area contributed by atoms with E-state index in [-0.39, 0.29) is 6.04 Å². The summed E-state index contributed by atoms with van der Waals surface area (Å²) >= 11 is 0. The smallest absolute Gasteiger partial charge is 0.108 e. The summed E-state index contributed by atoms with van der Waals surface area (Å²) in [6.07, 6.45) is 6.41. The van der Waals surface area contributed by atoms with Crippen LogP contribution in [0.4, 0.5) is 0 Å². The van der Waals surface area contributed by atoms with Crippen LogP contribution in [0, 0.1) is 0 Å². The summed E-state index contributed by atoms with van der Waals surface area (Å²) in [5.41, 5.74) is 4.01. The predicted molar refractivity (Wildman–Crippen MR) is 88.7 cm³/mol. The molecule has 21 heavy (non-hydrogen) atoms. The molecule has 0 aliphatic carbocycles. The summed E-state index contributed by atoms with van der Waals surface area (Å²) in [6.45, 7) is 7.46. The maximum atomic E-state index is 5.60. The Bertz CT molecular complexity index is 527. The lowest BCUT2D eigenvalue weighted by Crippen LogP contribution is -2.22. The molecule has 1 N–H and O–H groups in total. The van der Waals surface area contributed by atoms with Gasteiger partial charge in [-0.3, -0.25) is 0 Å². The molecular formula is C19H27NO. The van der Waals surface area contributed by atoms with E-state index < -0.39 is 0 Å². The quantitative estimate of drug-likeness (QED) is 0.747. The highest BCUT2D eigenvalue weighted by atomic mass is 16.3. The fraction of sp³-hybridized carbons (Fsp3) is 0.474. The molecule has 1 unspecified atom stereocenters. The van der Waals surface area contributed by atoms with E-state index in [1.54, 1.807) is 6.26 Å². The molecule has 0 saturated heterocycles. The lowest BCUT2D eigenvalue weighted by atomic mass is 9.96. The first kappa shape index (κ1) is 15.8.